The molecule has 0 N–H and O–H groups in total. The van der Waals surface area contributed by atoms with Gasteiger partial charge < -0.3 is 9.47 Å². The summed E-state index contributed by atoms with van der Waals surface area (Å²) in [5, 5.41) is 5.04. The lowest BCUT2D eigenvalue weighted by atomic mass is 10.2. The lowest BCUT2D eigenvalue weighted by Crippen LogP contribution is -2.22. The van der Waals surface area contributed by atoms with Crippen LogP contribution in [0.5, 0.6) is 11.5 Å². The zero-order valence-corrected chi connectivity index (χ0v) is 21.7. The van der Waals surface area contributed by atoms with Crippen molar-refractivity contribution in [2.75, 3.05) is 7.11 Å². The van der Waals surface area contributed by atoms with Gasteiger partial charge in [0.15, 0.2) is 11.5 Å². The van der Waals surface area contributed by atoms with Gasteiger partial charge in [-0.3, -0.25) is 4.79 Å². The van der Waals surface area contributed by atoms with Crippen molar-refractivity contribution in [3.8, 4) is 11.5 Å². The van der Waals surface area contributed by atoms with Crippen molar-refractivity contribution >= 4 is 33.0 Å². The molecule has 0 fully saturated rings. The summed E-state index contributed by atoms with van der Waals surface area (Å²) >= 11 is 3.44. The van der Waals surface area contributed by atoms with Crippen LogP contribution < -0.4 is 15.0 Å². The van der Waals surface area contributed by atoms with Crippen LogP contribution in [0, 0.1) is 6.92 Å². The van der Waals surface area contributed by atoms with E-state index in [1.165, 1.54) is 10.2 Å². The fraction of sp³-hybridized carbons (Fsp3) is 0.250. The predicted octanol–water partition coefficient (Wildman–Crippen LogP) is 6.28. The highest BCUT2D eigenvalue weighted by Crippen LogP contribution is 2.28. The van der Waals surface area contributed by atoms with Gasteiger partial charge in [0, 0.05) is 10.9 Å². The van der Waals surface area contributed by atoms with E-state index >= 15 is 0 Å². The standard InChI is InChI=1S/C28H28BrN3O3/c1-4-5-6-27-31-24-13-12-22(29)16-23(24)28(33)32(27)30-17-21-11-14-25(26(15-21)34-3)35-18-20-9-7-19(2)8-10-20/h7-17H,4-6,18H2,1-3H3. The Kier molecular flexibility index (Phi) is 7.98. The van der Waals surface area contributed by atoms with Crippen LogP contribution >= 0.6 is 15.9 Å². The number of ether oxygens (including phenoxy) is 2. The van der Waals surface area contributed by atoms with Gasteiger partial charge in [-0.25, -0.2) is 4.98 Å². The van der Waals surface area contributed by atoms with Gasteiger partial charge in [-0.05, 0) is 60.9 Å². The summed E-state index contributed by atoms with van der Waals surface area (Å²) in [5.41, 5.74) is 3.56. The molecule has 0 aliphatic heterocycles. The molecule has 0 radical (unpaired) electrons. The van der Waals surface area contributed by atoms with Crippen molar-refractivity contribution in [3.63, 3.8) is 0 Å². The van der Waals surface area contributed by atoms with Crippen molar-refractivity contribution < 1.29 is 9.47 Å². The molecule has 4 rings (SSSR count). The van der Waals surface area contributed by atoms with Gasteiger partial charge in [0.1, 0.15) is 12.4 Å². The zero-order valence-electron chi connectivity index (χ0n) is 20.1. The topological polar surface area (TPSA) is 65.7 Å². The van der Waals surface area contributed by atoms with E-state index in [0.29, 0.717) is 41.3 Å². The van der Waals surface area contributed by atoms with E-state index in [-0.39, 0.29) is 5.56 Å². The first-order valence-electron chi connectivity index (χ1n) is 11.6. The third-order valence-corrected chi connectivity index (χ3v) is 6.15. The summed E-state index contributed by atoms with van der Waals surface area (Å²) in [6.07, 6.45) is 4.24. The Morgan fingerprint density at radius 3 is 2.60 bits per heavy atom. The van der Waals surface area contributed by atoms with E-state index in [0.717, 1.165) is 28.4 Å². The maximum absolute atomic E-state index is 13.2. The molecule has 4 aromatic rings. The summed E-state index contributed by atoms with van der Waals surface area (Å²) < 4.78 is 13.7. The number of unbranched alkanes of at least 4 members (excludes halogenated alkanes) is 1. The predicted molar refractivity (Wildman–Crippen MR) is 144 cm³/mol. The summed E-state index contributed by atoms with van der Waals surface area (Å²) in [6.45, 7) is 4.61. The smallest absolute Gasteiger partial charge is 0.282 e. The first kappa shape index (κ1) is 24.7. The fourth-order valence-corrected chi connectivity index (χ4v) is 4.03. The Bertz CT molecular complexity index is 1410. The summed E-state index contributed by atoms with van der Waals surface area (Å²) in [5.74, 6) is 1.89. The van der Waals surface area contributed by atoms with Crippen LogP contribution in [-0.4, -0.2) is 23.0 Å². The second-order valence-electron chi connectivity index (χ2n) is 8.34. The van der Waals surface area contributed by atoms with E-state index in [1.54, 1.807) is 19.4 Å². The number of rotatable bonds is 9. The van der Waals surface area contributed by atoms with Gasteiger partial charge in [0.25, 0.3) is 5.56 Å². The van der Waals surface area contributed by atoms with Gasteiger partial charge >= 0.3 is 0 Å². The molecule has 0 atom stereocenters. The van der Waals surface area contributed by atoms with Crippen LogP contribution in [0.25, 0.3) is 10.9 Å². The number of hydrogen-bond donors (Lipinski definition) is 0. The second-order valence-corrected chi connectivity index (χ2v) is 9.25. The number of benzene rings is 3. The average molecular weight is 534 g/mol. The first-order valence-corrected chi connectivity index (χ1v) is 12.4. The van der Waals surface area contributed by atoms with Gasteiger partial charge in [-0.1, -0.05) is 59.1 Å². The summed E-state index contributed by atoms with van der Waals surface area (Å²) in [6, 6.07) is 19.3. The van der Waals surface area contributed by atoms with Gasteiger partial charge in [0.05, 0.1) is 24.2 Å². The molecule has 0 saturated heterocycles. The molecule has 7 heteroatoms. The Morgan fingerprint density at radius 2 is 1.86 bits per heavy atom. The Morgan fingerprint density at radius 1 is 1.06 bits per heavy atom. The molecular formula is C28H28BrN3O3. The molecule has 1 aromatic heterocycles. The van der Waals surface area contributed by atoms with Crippen molar-refractivity contribution in [2.24, 2.45) is 5.10 Å². The number of fused-ring (bicyclic) bond motifs is 1. The van der Waals surface area contributed by atoms with Crippen molar-refractivity contribution in [2.45, 2.75) is 39.7 Å². The first-order chi connectivity index (χ1) is 17.0. The van der Waals surface area contributed by atoms with E-state index in [2.05, 4.69) is 47.0 Å². The highest BCUT2D eigenvalue weighted by atomic mass is 79.9. The van der Waals surface area contributed by atoms with Crippen molar-refractivity contribution in [1.82, 2.24) is 9.66 Å². The molecule has 0 unspecified atom stereocenters. The highest BCUT2D eigenvalue weighted by Gasteiger charge is 2.11. The van der Waals surface area contributed by atoms with E-state index in [1.807, 2.05) is 42.5 Å². The Balaban J connectivity index is 1.62. The van der Waals surface area contributed by atoms with Crippen LogP contribution in [0.4, 0.5) is 0 Å². The lowest BCUT2D eigenvalue weighted by molar-refractivity contribution is 0.284. The number of hydrogen-bond acceptors (Lipinski definition) is 5. The number of aromatic nitrogens is 2. The summed E-state index contributed by atoms with van der Waals surface area (Å²) in [4.78, 5) is 18.0. The molecule has 1 heterocycles. The summed E-state index contributed by atoms with van der Waals surface area (Å²) in [7, 11) is 1.60. The lowest BCUT2D eigenvalue weighted by Gasteiger charge is -2.12. The third-order valence-electron chi connectivity index (χ3n) is 5.65. The molecule has 180 valence electrons. The van der Waals surface area contributed by atoms with E-state index < -0.39 is 0 Å². The molecule has 0 aliphatic rings. The molecule has 35 heavy (non-hydrogen) atoms. The maximum atomic E-state index is 13.2. The van der Waals surface area contributed by atoms with Crippen molar-refractivity contribution in [1.29, 1.82) is 0 Å². The normalized spacial score (nSPS) is 11.3. The third kappa shape index (κ3) is 5.98. The van der Waals surface area contributed by atoms with E-state index in [9.17, 15) is 4.79 Å². The minimum atomic E-state index is -0.191. The minimum absolute atomic E-state index is 0.191. The largest absolute Gasteiger partial charge is 0.493 e. The van der Waals surface area contributed by atoms with Crippen LogP contribution in [0.3, 0.4) is 0 Å². The SMILES string of the molecule is CCCCc1nc2ccc(Br)cc2c(=O)n1N=Cc1ccc(OCc2ccc(C)cc2)c(OC)c1. The fourth-order valence-electron chi connectivity index (χ4n) is 3.66. The number of methoxy groups -OCH3 is 1. The molecular weight excluding hydrogens is 506 g/mol. The molecule has 3 aromatic carbocycles. The zero-order chi connectivity index (χ0) is 24.8. The second kappa shape index (κ2) is 11.3. The highest BCUT2D eigenvalue weighted by molar-refractivity contribution is 9.10. The molecule has 6 nitrogen and oxygen atoms in total. The number of aryl methyl sites for hydroxylation is 2. The van der Waals surface area contributed by atoms with Crippen LogP contribution in [0.1, 0.15) is 42.3 Å². The minimum Gasteiger partial charge on any atom is -0.493 e. The van der Waals surface area contributed by atoms with E-state index in [4.69, 9.17) is 14.5 Å². The maximum Gasteiger partial charge on any atom is 0.282 e. The van der Waals surface area contributed by atoms with Crippen LogP contribution in [0.2, 0.25) is 0 Å². The van der Waals surface area contributed by atoms with Gasteiger partial charge in [-0.2, -0.15) is 9.78 Å². The quantitative estimate of drug-likeness (QED) is 0.237. The molecule has 0 spiro atoms. The molecule has 0 saturated carbocycles. The Labute approximate surface area is 213 Å². The molecule has 0 aliphatic carbocycles. The molecule has 0 amide bonds. The number of nitrogens with zero attached hydrogens (tertiary/aromatic N) is 3. The molecule has 0 bridgehead atoms. The Hall–Kier alpha value is -3.45. The number of halogens is 1. The van der Waals surface area contributed by atoms with Crippen LogP contribution in [-0.2, 0) is 13.0 Å². The van der Waals surface area contributed by atoms with Gasteiger partial charge in [0.2, 0.25) is 0 Å². The average Bonchev–Trinajstić information content (AvgIpc) is 2.87. The van der Waals surface area contributed by atoms with Crippen LogP contribution in [0.15, 0.2) is 75.0 Å². The monoisotopic (exact) mass is 533 g/mol. The van der Waals surface area contributed by atoms with Crippen molar-refractivity contribution in [3.05, 3.63) is 98.0 Å². The van der Waals surface area contributed by atoms with Gasteiger partial charge in [-0.15, -0.1) is 0 Å².